The van der Waals surface area contributed by atoms with Gasteiger partial charge in [0.25, 0.3) is 9.05 Å². The summed E-state index contributed by atoms with van der Waals surface area (Å²) in [5, 5.41) is 0. The fourth-order valence-electron chi connectivity index (χ4n) is 1.48. The first kappa shape index (κ1) is 15.0. The molecule has 6 heteroatoms. The second-order valence-corrected chi connectivity index (χ2v) is 6.52. The molecule has 0 aromatic heterocycles. The van der Waals surface area contributed by atoms with E-state index in [-0.39, 0.29) is 10.5 Å². The normalized spacial score (nSPS) is 11.3. The van der Waals surface area contributed by atoms with Crippen LogP contribution in [0.25, 0.3) is 0 Å². The molecule has 1 aromatic rings. The molecular weight excluding hydrogens is 276 g/mol. The molecule has 0 saturated carbocycles. The van der Waals surface area contributed by atoms with Crippen LogP contribution in [0.15, 0.2) is 17.0 Å². The second-order valence-electron chi connectivity index (χ2n) is 3.99. The fraction of sp³-hybridized carbons (Fsp3) is 0.417. The van der Waals surface area contributed by atoms with Crippen molar-refractivity contribution in [2.45, 2.75) is 32.1 Å². The van der Waals surface area contributed by atoms with Crippen LogP contribution in [-0.2, 0) is 13.8 Å². The Morgan fingerprint density at radius 3 is 2.44 bits per heavy atom. The molecule has 0 aliphatic carbocycles. The zero-order chi connectivity index (χ0) is 13.9. The number of carbonyl (C=O) groups is 1. The number of aryl methyl sites for hydroxylation is 1. The van der Waals surface area contributed by atoms with Crippen LogP contribution in [0.2, 0.25) is 0 Å². The van der Waals surface area contributed by atoms with E-state index in [1.54, 1.807) is 19.9 Å². The van der Waals surface area contributed by atoms with Gasteiger partial charge in [0.05, 0.1) is 17.1 Å². The molecule has 0 aliphatic rings. The van der Waals surface area contributed by atoms with Gasteiger partial charge in [0.1, 0.15) is 0 Å². The summed E-state index contributed by atoms with van der Waals surface area (Å²) in [4.78, 5) is 11.6. The van der Waals surface area contributed by atoms with Gasteiger partial charge >= 0.3 is 5.97 Å². The Kier molecular flexibility index (Phi) is 4.76. The minimum atomic E-state index is -3.87. The van der Waals surface area contributed by atoms with Crippen molar-refractivity contribution in [3.05, 3.63) is 28.8 Å². The summed E-state index contributed by atoms with van der Waals surface area (Å²) in [6, 6.07) is 2.85. The van der Waals surface area contributed by atoms with Gasteiger partial charge < -0.3 is 4.74 Å². The van der Waals surface area contributed by atoms with Gasteiger partial charge in [-0.25, -0.2) is 13.2 Å². The molecule has 100 valence electrons. The van der Waals surface area contributed by atoms with Crippen LogP contribution in [0.5, 0.6) is 0 Å². The first-order valence-electron chi connectivity index (χ1n) is 5.50. The Hall–Kier alpha value is -1.07. The molecular formula is C12H15ClO4S. The van der Waals surface area contributed by atoms with Gasteiger partial charge in [-0.1, -0.05) is 6.92 Å². The van der Waals surface area contributed by atoms with Crippen molar-refractivity contribution in [1.29, 1.82) is 0 Å². The lowest BCUT2D eigenvalue weighted by atomic mass is 10.1. The Balaban J connectivity index is 3.25. The average molecular weight is 291 g/mol. The molecule has 18 heavy (non-hydrogen) atoms. The maximum Gasteiger partial charge on any atom is 0.338 e. The summed E-state index contributed by atoms with van der Waals surface area (Å²) in [6.07, 6.45) is 0.706. The average Bonchev–Trinajstić information content (AvgIpc) is 2.27. The predicted octanol–water partition coefficient (Wildman–Crippen LogP) is 2.80. The Labute approximate surface area is 111 Å². The van der Waals surface area contributed by atoms with Crippen LogP contribution in [0.3, 0.4) is 0 Å². The molecule has 0 unspecified atom stereocenters. The molecule has 0 amide bonds. The zero-order valence-corrected chi connectivity index (χ0v) is 12.1. The van der Waals surface area contributed by atoms with Crippen LogP contribution >= 0.6 is 10.7 Å². The smallest absolute Gasteiger partial charge is 0.338 e. The maximum absolute atomic E-state index is 11.7. The van der Waals surface area contributed by atoms with Gasteiger partial charge in [0, 0.05) is 10.7 Å². The van der Waals surface area contributed by atoms with Gasteiger partial charge in [-0.2, -0.15) is 0 Å². The van der Waals surface area contributed by atoms with Gasteiger partial charge in [-0.3, -0.25) is 0 Å². The number of hydrogen-bond acceptors (Lipinski definition) is 4. The van der Waals surface area contributed by atoms with Crippen molar-refractivity contribution in [3.63, 3.8) is 0 Å². The molecule has 0 saturated heterocycles. The standard InChI is InChI=1S/C12H15ClO4S/c1-4-5-17-12(14)10-6-8(2)9(3)11(7-10)18(13,15)16/h6-7H,4-5H2,1-3H3. The van der Waals surface area contributed by atoms with Crippen LogP contribution in [-0.4, -0.2) is 21.0 Å². The highest BCUT2D eigenvalue weighted by molar-refractivity contribution is 8.13. The lowest BCUT2D eigenvalue weighted by molar-refractivity contribution is 0.0504. The number of ether oxygens (including phenoxy) is 1. The monoisotopic (exact) mass is 290 g/mol. The van der Waals surface area contributed by atoms with Crippen LogP contribution < -0.4 is 0 Å². The summed E-state index contributed by atoms with van der Waals surface area (Å²) in [6.45, 7) is 5.54. The number of benzene rings is 1. The molecule has 0 radical (unpaired) electrons. The summed E-state index contributed by atoms with van der Waals surface area (Å²) in [7, 11) is 1.47. The number of halogens is 1. The summed E-state index contributed by atoms with van der Waals surface area (Å²) in [5.41, 5.74) is 1.42. The molecule has 1 aromatic carbocycles. The van der Waals surface area contributed by atoms with Gasteiger partial charge in [-0.15, -0.1) is 0 Å². The highest BCUT2D eigenvalue weighted by Crippen LogP contribution is 2.24. The number of esters is 1. The summed E-state index contributed by atoms with van der Waals surface area (Å²) in [5.74, 6) is -0.540. The van der Waals surface area contributed by atoms with Crippen molar-refractivity contribution < 1.29 is 17.9 Å². The van der Waals surface area contributed by atoms with Gasteiger partial charge in [0.2, 0.25) is 0 Å². The molecule has 4 nitrogen and oxygen atoms in total. The number of hydrogen-bond donors (Lipinski definition) is 0. The zero-order valence-electron chi connectivity index (χ0n) is 10.5. The highest BCUT2D eigenvalue weighted by atomic mass is 35.7. The number of carbonyl (C=O) groups excluding carboxylic acids is 1. The van der Waals surface area contributed by atoms with E-state index >= 15 is 0 Å². The Morgan fingerprint density at radius 1 is 1.33 bits per heavy atom. The second kappa shape index (κ2) is 5.71. The SMILES string of the molecule is CCCOC(=O)c1cc(C)c(C)c(S(=O)(=O)Cl)c1. The van der Waals surface area contributed by atoms with Crippen molar-refractivity contribution in [2.24, 2.45) is 0 Å². The van der Waals surface area contributed by atoms with Crippen LogP contribution in [0.4, 0.5) is 0 Å². The minimum absolute atomic E-state index is 0.0485. The minimum Gasteiger partial charge on any atom is -0.462 e. The summed E-state index contributed by atoms with van der Waals surface area (Å²) < 4.78 is 27.8. The van der Waals surface area contributed by atoms with E-state index < -0.39 is 15.0 Å². The van der Waals surface area contributed by atoms with Crippen LogP contribution in [0.1, 0.15) is 34.8 Å². The molecule has 1 rings (SSSR count). The lowest BCUT2D eigenvalue weighted by Gasteiger charge is -2.09. The first-order chi connectivity index (χ1) is 8.27. The quantitative estimate of drug-likeness (QED) is 0.632. The molecule has 0 N–H and O–H groups in total. The third-order valence-electron chi connectivity index (χ3n) is 2.56. The van der Waals surface area contributed by atoms with Crippen molar-refractivity contribution in [2.75, 3.05) is 6.61 Å². The third-order valence-corrected chi connectivity index (χ3v) is 4.00. The Morgan fingerprint density at radius 2 is 1.94 bits per heavy atom. The van der Waals surface area contributed by atoms with E-state index in [9.17, 15) is 13.2 Å². The Bertz CT molecular complexity index is 564. The van der Waals surface area contributed by atoms with E-state index in [0.717, 1.165) is 0 Å². The maximum atomic E-state index is 11.7. The topological polar surface area (TPSA) is 60.4 Å². The van der Waals surface area contributed by atoms with Crippen molar-refractivity contribution in [1.82, 2.24) is 0 Å². The van der Waals surface area contributed by atoms with Gasteiger partial charge in [-0.05, 0) is 43.5 Å². The third kappa shape index (κ3) is 3.46. The van der Waals surface area contributed by atoms with E-state index in [0.29, 0.717) is 24.2 Å². The molecule has 0 aliphatic heterocycles. The lowest BCUT2D eigenvalue weighted by Crippen LogP contribution is -2.08. The van der Waals surface area contributed by atoms with Crippen LogP contribution in [0, 0.1) is 13.8 Å². The number of rotatable bonds is 4. The molecule has 0 heterocycles. The van der Waals surface area contributed by atoms with E-state index in [4.69, 9.17) is 15.4 Å². The van der Waals surface area contributed by atoms with Gasteiger partial charge in [0.15, 0.2) is 0 Å². The summed E-state index contributed by atoms with van der Waals surface area (Å²) >= 11 is 0. The molecule has 0 fully saturated rings. The molecule has 0 atom stereocenters. The fourth-order valence-corrected chi connectivity index (χ4v) is 2.75. The predicted molar refractivity (Wildman–Crippen MR) is 69.5 cm³/mol. The van der Waals surface area contributed by atoms with E-state index in [1.807, 2.05) is 6.92 Å². The van der Waals surface area contributed by atoms with Crippen molar-refractivity contribution >= 4 is 25.7 Å². The van der Waals surface area contributed by atoms with E-state index in [1.165, 1.54) is 6.07 Å². The van der Waals surface area contributed by atoms with E-state index in [2.05, 4.69) is 0 Å². The molecule has 0 bridgehead atoms. The largest absolute Gasteiger partial charge is 0.462 e. The first-order valence-corrected chi connectivity index (χ1v) is 7.81. The highest BCUT2D eigenvalue weighted by Gasteiger charge is 2.19. The van der Waals surface area contributed by atoms with Crippen molar-refractivity contribution in [3.8, 4) is 0 Å². The molecule has 0 spiro atoms.